The van der Waals surface area contributed by atoms with E-state index in [2.05, 4.69) is 10.9 Å². The van der Waals surface area contributed by atoms with E-state index in [0.717, 1.165) is 0 Å². The molecule has 1 aromatic rings. The number of nitrogens with zero attached hydrogens (tertiary/aromatic N) is 1. The summed E-state index contributed by atoms with van der Waals surface area (Å²) in [5.41, 5.74) is 3.92. The third kappa shape index (κ3) is 3.93. The molecule has 0 saturated heterocycles. The number of hydrogen-bond donors (Lipinski definition) is 2. The number of hydrogen-bond acceptors (Lipinski definition) is 4. The van der Waals surface area contributed by atoms with E-state index in [4.69, 9.17) is 4.74 Å². The van der Waals surface area contributed by atoms with E-state index >= 15 is 0 Å². The molecule has 2 amide bonds. The van der Waals surface area contributed by atoms with Crippen LogP contribution < -0.4 is 21.1 Å². The van der Waals surface area contributed by atoms with Gasteiger partial charge < -0.3 is 9.30 Å². The largest absolute Gasteiger partial charge is 0.488 e. The number of hydrazine groups is 1. The highest BCUT2D eigenvalue weighted by atomic mass is 16.5. The van der Waals surface area contributed by atoms with Crippen LogP contribution in [0.25, 0.3) is 0 Å². The van der Waals surface area contributed by atoms with Gasteiger partial charge in [0.15, 0.2) is 5.75 Å². The van der Waals surface area contributed by atoms with Crippen LogP contribution in [0.4, 0.5) is 0 Å². The molecule has 1 rings (SSSR count). The molecule has 1 heterocycles. The minimum Gasteiger partial charge on any atom is -0.488 e. The van der Waals surface area contributed by atoms with Gasteiger partial charge in [0.2, 0.25) is 5.91 Å². The molecular weight excluding hydrogens is 238 g/mol. The highest BCUT2D eigenvalue weighted by Crippen LogP contribution is 2.01. The first kappa shape index (κ1) is 13.8. The van der Waals surface area contributed by atoms with E-state index in [1.54, 1.807) is 13.0 Å². The molecular formula is C11H15N3O4. The Balaban J connectivity index is 2.73. The quantitative estimate of drug-likeness (QED) is 0.702. The number of pyridine rings is 1. The number of carbonyl (C=O) groups is 2. The van der Waals surface area contributed by atoms with Gasteiger partial charge in [-0.1, -0.05) is 0 Å². The molecule has 7 nitrogen and oxygen atoms in total. The smallest absolute Gasteiger partial charge is 0.293 e. The molecule has 0 spiro atoms. The van der Waals surface area contributed by atoms with Crippen molar-refractivity contribution in [3.8, 4) is 5.75 Å². The fourth-order valence-electron chi connectivity index (χ4n) is 1.26. The van der Waals surface area contributed by atoms with Gasteiger partial charge in [-0.3, -0.25) is 25.2 Å². The van der Waals surface area contributed by atoms with Gasteiger partial charge in [-0.15, -0.1) is 0 Å². The molecule has 98 valence electrons. The number of carbonyl (C=O) groups excluding carboxylic acids is 2. The summed E-state index contributed by atoms with van der Waals surface area (Å²) < 4.78 is 6.32. The highest BCUT2D eigenvalue weighted by molar-refractivity contribution is 5.80. The molecule has 7 heteroatoms. The Labute approximate surface area is 104 Å². The third-order valence-electron chi connectivity index (χ3n) is 1.98. The Morgan fingerprint density at radius 1 is 1.39 bits per heavy atom. The molecule has 0 atom stereocenters. The van der Waals surface area contributed by atoms with Crippen molar-refractivity contribution >= 4 is 11.8 Å². The molecule has 0 bridgehead atoms. The van der Waals surface area contributed by atoms with Gasteiger partial charge in [0.1, 0.15) is 6.54 Å². The molecule has 0 fully saturated rings. The Morgan fingerprint density at radius 2 is 2.11 bits per heavy atom. The second-order valence-corrected chi connectivity index (χ2v) is 3.47. The minimum absolute atomic E-state index is 0.187. The van der Waals surface area contributed by atoms with Crippen molar-refractivity contribution in [2.24, 2.45) is 0 Å². The Bertz CT molecular complexity index is 495. The lowest BCUT2D eigenvalue weighted by Crippen LogP contribution is -2.43. The maximum atomic E-state index is 11.8. The monoisotopic (exact) mass is 253 g/mol. The maximum absolute atomic E-state index is 11.8. The zero-order chi connectivity index (χ0) is 13.5. The first-order valence-corrected chi connectivity index (χ1v) is 5.42. The van der Waals surface area contributed by atoms with Crippen LogP contribution in [0, 0.1) is 0 Å². The van der Waals surface area contributed by atoms with Crippen LogP contribution in [0.5, 0.6) is 5.75 Å². The van der Waals surface area contributed by atoms with E-state index in [1.807, 2.05) is 0 Å². The van der Waals surface area contributed by atoms with Gasteiger partial charge in [0.05, 0.1) is 6.61 Å². The topological polar surface area (TPSA) is 89.4 Å². The zero-order valence-corrected chi connectivity index (χ0v) is 10.2. The molecule has 18 heavy (non-hydrogen) atoms. The van der Waals surface area contributed by atoms with E-state index < -0.39 is 17.4 Å². The van der Waals surface area contributed by atoms with Gasteiger partial charge in [-0.05, 0) is 19.1 Å². The van der Waals surface area contributed by atoms with E-state index in [1.165, 1.54) is 23.8 Å². The molecule has 0 aliphatic carbocycles. The molecule has 0 aromatic carbocycles. The van der Waals surface area contributed by atoms with Crippen LogP contribution >= 0.6 is 0 Å². The van der Waals surface area contributed by atoms with Gasteiger partial charge in [-0.25, -0.2) is 0 Å². The minimum atomic E-state index is -0.499. The summed E-state index contributed by atoms with van der Waals surface area (Å²) >= 11 is 0. The SMILES string of the molecule is CCOc1cccn(CC(=O)NNC(C)=O)c1=O. The second kappa shape index (κ2) is 6.43. The van der Waals surface area contributed by atoms with Crippen LogP contribution in [0.2, 0.25) is 0 Å². The Hall–Kier alpha value is -2.31. The second-order valence-electron chi connectivity index (χ2n) is 3.47. The summed E-state index contributed by atoms with van der Waals surface area (Å²) in [6.45, 7) is 3.21. The number of aromatic nitrogens is 1. The summed E-state index contributed by atoms with van der Waals surface area (Å²) in [7, 11) is 0. The number of rotatable bonds is 4. The lowest BCUT2D eigenvalue weighted by molar-refractivity contribution is -0.128. The van der Waals surface area contributed by atoms with Crippen molar-refractivity contribution in [1.82, 2.24) is 15.4 Å². The number of amides is 2. The first-order chi connectivity index (χ1) is 8.54. The van der Waals surface area contributed by atoms with Gasteiger partial charge in [0, 0.05) is 13.1 Å². The van der Waals surface area contributed by atoms with Crippen molar-refractivity contribution in [1.29, 1.82) is 0 Å². The average Bonchev–Trinajstić information content (AvgIpc) is 2.32. The Morgan fingerprint density at radius 3 is 2.72 bits per heavy atom. The molecule has 0 unspecified atom stereocenters. The van der Waals surface area contributed by atoms with E-state index in [9.17, 15) is 14.4 Å². The maximum Gasteiger partial charge on any atom is 0.293 e. The summed E-state index contributed by atoms with van der Waals surface area (Å²) in [4.78, 5) is 33.8. The number of ether oxygens (including phenoxy) is 1. The Kier molecular flexibility index (Phi) is 4.91. The summed E-state index contributed by atoms with van der Waals surface area (Å²) in [6.07, 6.45) is 1.47. The third-order valence-corrected chi connectivity index (χ3v) is 1.98. The predicted molar refractivity (Wildman–Crippen MR) is 63.8 cm³/mol. The predicted octanol–water partition coefficient (Wildman–Crippen LogP) is -0.586. The molecule has 2 N–H and O–H groups in total. The van der Waals surface area contributed by atoms with Crippen molar-refractivity contribution in [3.63, 3.8) is 0 Å². The van der Waals surface area contributed by atoms with Gasteiger partial charge in [-0.2, -0.15) is 0 Å². The van der Waals surface area contributed by atoms with Crippen molar-refractivity contribution in [2.45, 2.75) is 20.4 Å². The molecule has 1 aromatic heterocycles. The standard InChI is InChI=1S/C11H15N3O4/c1-3-18-9-5-4-6-14(11(9)17)7-10(16)13-12-8(2)15/h4-6H,3,7H2,1-2H3,(H,12,15)(H,13,16). The van der Waals surface area contributed by atoms with Crippen molar-refractivity contribution < 1.29 is 14.3 Å². The van der Waals surface area contributed by atoms with E-state index in [-0.39, 0.29) is 12.3 Å². The van der Waals surface area contributed by atoms with E-state index in [0.29, 0.717) is 6.61 Å². The van der Waals surface area contributed by atoms with Crippen LogP contribution in [-0.2, 0) is 16.1 Å². The fraction of sp³-hybridized carbons (Fsp3) is 0.364. The van der Waals surface area contributed by atoms with Gasteiger partial charge >= 0.3 is 0 Å². The van der Waals surface area contributed by atoms with Crippen LogP contribution in [0.1, 0.15) is 13.8 Å². The first-order valence-electron chi connectivity index (χ1n) is 5.42. The summed E-state index contributed by atoms with van der Waals surface area (Å²) in [5, 5.41) is 0. The lowest BCUT2D eigenvalue weighted by Gasteiger charge is -2.09. The zero-order valence-electron chi connectivity index (χ0n) is 10.2. The summed E-state index contributed by atoms with van der Waals surface area (Å²) in [6, 6.07) is 3.14. The van der Waals surface area contributed by atoms with Gasteiger partial charge in [0.25, 0.3) is 11.5 Å². The fourth-order valence-corrected chi connectivity index (χ4v) is 1.26. The lowest BCUT2D eigenvalue weighted by atomic mass is 10.4. The normalized spacial score (nSPS) is 9.67. The molecule has 0 aliphatic heterocycles. The average molecular weight is 253 g/mol. The summed E-state index contributed by atoms with van der Waals surface area (Å²) in [5.74, 6) is -0.702. The molecule has 0 saturated carbocycles. The van der Waals surface area contributed by atoms with Crippen molar-refractivity contribution in [3.05, 3.63) is 28.7 Å². The number of nitrogens with one attached hydrogen (secondary N) is 2. The molecule has 0 radical (unpaired) electrons. The van der Waals surface area contributed by atoms with Crippen molar-refractivity contribution in [2.75, 3.05) is 6.61 Å². The molecule has 0 aliphatic rings. The van der Waals surface area contributed by atoms with Crippen LogP contribution in [0.15, 0.2) is 23.1 Å². The van der Waals surface area contributed by atoms with Crippen LogP contribution in [0.3, 0.4) is 0 Å². The highest BCUT2D eigenvalue weighted by Gasteiger charge is 2.07. The van der Waals surface area contributed by atoms with Crippen LogP contribution in [-0.4, -0.2) is 23.0 Å².